The Kier molecular flexibility index (Phi) is 6.71. The van der Waals surface area contributed by atoms with E-state index in [1.165, 1.54) is 0 Å². The minimum absolute atomic E-state index is 0.403. The van der Waals surface area contributed by atoms with Crippen LogP contribution in [0.1, 0.15) is 5.56 Å². The fourth-order valence-corrected chi connectivity index (χ4v) is 2.95. The maximum Gasteiger partial charge on any atom is 0.229 e. The Morgan fingerprint density at radius 1 is 0.964 bits per heavy atom. The minimum atomic E-state index is -1.49. The van der Waals surface area contributed by atoms with Gasteiger partial charge in [0.15, 0.2) is 0 Å². The van der Waals surface area contributed by atoms with Crippen LogP contribution in [0.2, 0.25) is 0 Å². The molecule has 1 saturated heterocycles. The van der Waals surface area contributed by atoms with E-state index in [0.29, 0.717) is 18.0 Å². The Balaban J connectivity index is 1.69. The first-order chi connectivity index (χ1) is 13.5. The van der Waals surface area contributed by atoms with Crippen LogP contribution in [-0.4, -0.2) is 64.8 Å². The number of aliphatic hydroxyl groups excluding tert-OH is 4. The van der Waals surface area contributed by atoms with E-state index >= 15 is 0 Å². The topological polar surface area (TPSA) is 121 Å². The van der Waals surface area contributed by atoms with Gasteiger partial charge < -0.3 is 40.0 Å². The number of hydrogen-bond acceptors (Lipinski definition) is 8. The van der Waals surface area contributed by atoms with Crippen molar-refractivity contribution < 1.29 is 34.6 Å². The zero-order chi connectivity index (χ0) is 20.1. The van der Waals surface area contributed by atoms with Gasteiger partial charge in [-0.25, -0.2) is 0 Å². The summed E-state index contributed by atoms with van der Waals surface area (Å²) in [7, 11) is 1.61. The standard InChI is InChI=1S/C20H25NO7/c1-26-13-8-6-12(7-9-13)10-21-14-4-2-3-5-15(14)27-20-19(25)18(24)17(23)16(11-22)28-20/h2-9,16-25H,10-11H2,1H3/t16-,17-,18+,19-,20-/m1/s1. The highest BCUT2D eigenvalue weighted by Gasteiger charge is 2.44. The molecule has 1 fully saturated rings. The predicted octanol–water partition coefficient (Wildman–Crippen LogP) is 0.486. The fourth-order valence-electron chi connectivity index (χ4n) is 2.95. The van der Waals surface area contributed by atoms with Gasteiger partial charge in [-0.2, -0.15) is 0 Å². The maximum absolute atomic E-state index is 10.2. The second kappa shape index (κ2) is 9.22. The first-order valence-electron chi connectivity index (χ1n) is 8.96. The second-order valence-corrected chi connectivity index (χ2v) is 6.51. The number of methoxy groups -OCH3 is 1. The number of nitrogens with one attached hydrogen (secondary N) is 1. The van der Waals surface area contributed by atoms with Gasteiger partial charge in [0.1, 0.15) is 35.9 Å². The number of anilines is 1. The van der Waals surface area contributed by atoms with Crippen LogP contribution in [0, 0.1) is 0 Å². The summed E-state index contributed by atoms with van der Waals surface area (Å²) in [5.74, 6) is 1.18. The van der Waals surface area contributed by atoms with Crippen LogP contribution in [0.25, 0.3) is 0 Å². The fraction of sp³-hybridized carbons (Fsp3) is 0.400. The van der Waals surface area contributed by atoms with E-state index in [1.807, 2.05) is 36.4 Å². The lowest BCUT2D eigenvalue weighted by molar-refractivity contribution is -0.277. The highest BCUT2D eigenvalue weighted by Crippen LogP contribution is 2.29. The molecule has 5 N–H and O–H groups in total. The van der Waals surface area contributed by atoms with Crippen LogP contribution in [0.5, 0.6) is 11.5 Å². The molecule has 8 heteroatoms. The van der Waals surface area contributed by atoms with Crippen LogP contribution < -0.4 is 14.8 Å². The summed E-state index contributed by atoms with van der Waals surface area (Å²) in [4.78, 5) is 0. The number of aliphatic hydroxyl groups is 4. The molecule has 2 aromatic rings. The molecule has 1 aliphatic rings. The molecule has 2 aromatic carbocycles. The quantitative estimate of drug-likeness (QED) is 0.462. The normalized spacial score (nSPS) is 27.2. The lowest BCUT2D eigenvalue weighted by Crippen LogP contribution is -2.60. The summed E-state index contributed by atoms with van der Waals surface area (Å²) < 4.78 is 16.3. The first kappa shape index (κ1) is 20.4. The van der Waals surface area contributed by atoms with Gasteiger partial charge >= 0.3 is 0 Å². The number of ether oxygens (including phenoxy) is 3. The van der Waals surface area contributed by atoms with Gasteiger partial charge in [0.25, 0.3) is 0 Å². The van der Waals surface area contributed by atoms with Crippen molar-refractivity contribution in [3.05, 3.63) is 54.1 Å². The monoisotopic (exact) mass is 391 g/mol. The molecule has 152 valence electrons. The highest BCUT2D eigenvalue weighted by atomic mass is 16.7. The molecule has 0 unspecified atom stereocenters. The van der Waals surface area contributed by atoms with Crippen molar-refractivity contribution in [2.45, 2.75) is 37.3 Å². The highest BCUT2D eigenvalue weighted by molar-refractivity contribution is 5.56. The molecule has 28 heavy (non-hydrogen) atoms. The van der Waals surface area contributed by atoms with Gasteiger partial charge in [-0.3, -0.25) is 0 Å². The van der Waals surface area contributed by atoms with Gasteiger partial charge in [0.2, 0.25) is 6.29 Å². The van der Waals surface area contributed by atoms with Crippen molar-refractivity contribution in [2.75, 3.05) is 19.0 Å². The summed E-state index contributed by atoms with van der Waals surface area (Å²) in [6, 6.07) is 14.7. The third-order valence-corrected chi connectivity index (χ3v) is 4.62. The smallest absolute Gasteiger partial charge is 0.229 e. The van der Waals surface area contributed by atoms with E-state index in [2.05, 4.69) is 5.32 Å². The molecule has 0 radical (unpaired) electrons. The van der Waals surface area contributed by atoms with Gasteiger partial charge in [-0.1, -0.05) is 24.3 Å². The Bertz CT molecular complexity index is 752. The van der Waals surface area contributed by atoms with Crippen molar-refractivity contribution >= 4 is 5.69 Å². The van der Waals surface area contributed by atoms with Crippen LogP contribution in [0.3, 0.4) is 0 Å². The molecule has 3 rings (SSSR count). The molecule has 0 aliphatic carbocycles. The van der Waals surface area contributed by atoms with Crippen LogP contribution in [0.4, 0.5) is 5.69 Å². The van der Waals surface area contributed by atoms with Crippen LogP contribution in [0.15, 0.2) is 48.5 Å². The predicted molar refractivity (Wildman–Crippen MR) is 101 cm³/mol. The minimum Gasteiger partial charge on any atom is -0.497 e. The van der Waals surface area contributed by atoms with Crippen molar-refractivity contribution in [3.63, 3.8) is 0 Å². The Morgan fingerprint density at radius 3 is 2.36 bits per heavy atom. The molecule has 0 aromatic heterocycles. The SMILES string of the molecule is COc1ccc(CNc2ccccc2O[C@@H]2O[C@H](CO)[C@@H](O)[C@H](O)[C@H]2O)cc1. The Morgan fingerprint density at radius 2 is 1.68 bits per heavy atom. The number of hydrogen-bond donors (Lipinski definition) is 5. The summed E-state index contributed by atoms with van der Waals surface area (Å²) in [6.45, 7) is 0.0151. The molecule has 0 spiro atoms. The van der Waals surface area contributed by atoms with Crippen LogP contribution in [-0.2, 0) is 11.3 Å². The van der Waals surface area contributed by atoms with E-state index in [1.54, 1.807) is 19.2 Å². The number of rotatable bonds is 7. The van der Waals surface area contributed by atoms with Crippen LogP contribution >= 0.6 is 0 Å². The van der Waals surface area contributed by atoms with Crippen molar-refractivity contribution in [2.24, 2.45) is 0 Å². The first-order valence-corrected chi connectivity index (χ1v) is 8.96. The molecule has 1 aliphatic heterocycles. The van der Waals surface area contributed by atoms with Crippen molar-refractivity contribution in [1.29, 1.82) is 0 Å². The summed E-state index contributed by atoms with van der Waals surface area (Å²) in [6.07, 6.45) is -6.65. The average Bonchev–Trinajstić information content (AvgIpc) is 2.73. The molecular weight excluding hydrogens is 366 g/mol. The summed E-state index contributed by atoms with van der Waals surface area (Å²) >= 11 is 0. The molecule has 1 heterocycles. The number of para-hydroxylation sites is 2. The lowest BCUT2D eigenvalue weighted by atomic mass is 9.99. The molecule has 0 amide bonds. The van der Waals surface area contributed by atoms with E-state index in [4.69, 9.17) is 14.2 Å². The van der Waals surface area contributed by atoms with Gasteiger partial charge in [-0.15, -0.1) is 0 Å². The molecule has 0 saturated carbocycles. The maximum atomic E-state index is 10.2. The summed E-state index contributed by atoms with van der Waals surface area (Å²) in [5, 5.41) is 42.5. The second-order valence-electron chi connectivity index (χ2n) is 6.51. The Labute approximate surface area is 162 Å². The average molecular weight is 391 g/mol. The lowest BCUT2D eigenvalue weighted by Gasteiger charge is -2.39. The van der Waals surface area contributed by atoms with Crippen molar-refractivity contribution in [1.82, 2.24) is 0 Å². The van der Waals surface area contributed by atoms with E-state index in [0.717, 1.165) is 11.3 Å². The summed E-state index contributed by atoms with van der Waals surface area (Å²) in [5.41, 5.74) is 1.69. The van der Waals surface area contributed by atoms with E-state index in [-0.39, 0.29) is 0 Å². The van der Waals surface area contributed by atoms with Gasteiger partial charge in [-0.05, 0) is 29.8 Å². The van der Waals surface area contributed by atoms with Gasteiger partial charge in [0, 0.05) is 6.54 Å². The van der Waals surface area contributed by atoms with E-state index < -0.39 is 37.3 Å². The van der Waals surface area contributed by atoms with E-state index in [9.17, 15) is 20.4 Å². The third-order valence-electron chi connectivity index (χ3n) is 4.62. The third kappa shape index (κ3) is 4.54. The molecule has 5 atom stereocenters. The zero-order valence-electron chi connectivity index (χ0n) is 15.4. The Hall–Kier alpha value is -2.36. The molecular formula is C20H25NO7. The molecule has 0 bridgehead atoms. The van der Waals surface area contributed by atoms with Gasteiger partial charge in [0.05, 0.1) is 19.4 Å². The van der Waals surface area contributed by atoms with Crippen molar-refractivity contribution in [3.8, 4) is 11.5 Å². The number of benzene rings is 2. The molecule has 8 nitrogen and oxygen atoms in total. The largest absolute Gasteiger partial charge is 0.497 e. The zero-order valence-corrected chi connectivity index (χ0v) is 15.4.